The van der Waals surface area contributed by atoms with Gasteiger partial charge >= 0.3 is 118 Å². The van der Waals surface area contributed by atoms with E-state index in [9.17, 15) is 0 Å². The van der Waals surface area contributed by atoms with E-state index in [1.807, 2.05) is 0 Å². The van der Waals surface area contributed by atoms with Crippen LogP contribution in [0.3, 0.4) is 0 Å². The van der Waals surface area contributed by atoms with E-state index in [0.29, 0.717) is 0 Å². The molecular weight excluding hydrogens is 472 g/mol. The van der Waals surface area contributed by atoms with Gasteiger partial charge in [-0.1, -0.05) is 0 Å². The van der Waals surface area contributed by atoms with Crippen molar-refractivity contribution < 1.29 is 195 Å². The third-order valence-corrected chi connectivity index (χ3v) is 0. The molecule has 0 unspecified atom stereocenters. The van der Waals surface area contributed by atoms with Gasteiger partial charge in [0.1, 0.15) is 0 Å². The van der Waals surface area contributed by atoms with Crippen molar-refractivity contribution in [1.29, 1.82) is 0 Å². The minimum atomic E-state index is -4.89. The average Bonchev–Trinajstić information content (AvgIpc) is 1.62. The second-order valence-electron chi connectivity index (χ2n) is 1.96. The van der Waals surface area contributed by atoms with Gasteiger partial charge in [0, 0.05) is 0 Å². The van der Waals surface area contributed by atoms with Gasteiger partial charge in [0.25, 0.3) is 31.3 Å². The van der Waals surface area contributed by atoms with Crippen LogP contribution >= 0.6 is 31.3 Å². The van der Waals surface area contributed by atoms with E-state index in [-0.39, 0.29) is 118 Å². The number of hydrogen-bond acceptors (Lipinski definition) is 8. The van der Waals surface area contributed by atoms with Crippen molar-refractivity contribution in [2.24, 2.45) is 0 Å². The van der Waals surface area contributed by atoms with Crippen molar-refractivity contribution in [2.75, 3.05) is 0 Å². The first-order valence-electron chi connectivity index (χ1n) is 3.06. The maximum atomic E-state index is 8.77. The molecule has 0 spiro atoms. The van der Waals surface area contributed by atoms with Crippen molar-refractivity contribution in [3.8, 4) is 0 Å². The summed E-state index contributed by atoms with van der Waals surface area (Å²) in [6, 6.07) is 0. The smallest absolute Gasteiger partial charge is 0.756 e. The van der Waals surface area contributed by atoms with Crippen LogP contribution in [0.4, 0.5) is 0 Å². The first-order valence-corrected chi connectivity index (χ1v) is 9.18. The zero-order valence-corrected chi connectivity index (χ0v) is 24.2. The van der Waals surface area contributed by atoms with E-state index in [0.717, 1.165) is 0 Å². The molecule has 0 fully saturated rings. The molecule has 0 aromatic heterocycles. The van der Waals surface area contributed by atoms with Crippen LogP contribution in [0.5, 0.6) is 0 Å². The molecule has 0 saturated heterocycles. The quantitative estimate of drug-likeness (QED) is 0.118. The van der Waals surface area contributed by atoms with Gasteiger partial charge < -0.3 is 58.7 Å². The minimum absolute atomic E-state index is 0. The Hall–Kier alpha value is 4.44. The van der Waals surface area contributed by atoms with Gasteiger partial charge in [0.2, 0.25) is 0 Å². The maximum Gasteiger partial charge on any atom is 1.00 e. The predicted molar refractivity (Wildman–Crippen MR) is 48.2 cm³/mol. The molecular formula is H8Na4O16P4. The summed E-state index contributed by atoms with van der Waals surface area (Å²) in [5.74, 6) is 0. The fraction of sp³-hybridized carbons (Fsp3) is 0. The first kappa shape index (κ1) is 51.3. The molecule has 0 bridgehead atoms. The van der Waals surface area contributed by atoms with E-state index in [1.54, 1.807) is 0 Å². The zero-order chi connectivity index (χ0) is 18.0. The van der Waals surface area contributed by atoms with Gasteiger partial charge in [-0.25, -0.2) is 0 Å². The van der Waals surface area contributed by atoms with Crippen molar-refractivity contribution in [3.63, 3.8) is 0 Å². The molecule has 0 amide bonds. The van der Waals surface area contributed by atoms with Crippen molar-refractivity contribution in [2.45, 2.75) is 0 Å². The predicted octanol–water partition coefficient (Wildman–Crippen LogP) is -18.2. The molecule has 16 nitrogen and oxygen atoms in total. The summed E-state index contributed by atoms with van der Waals surface area (Å²) in [5.41, 5.74) is 0. The molecule has 0 aliphatic heterocycles. The Morgan fingerprint density at radius 2 is 0.375 bits per heavy atom. The van der Waals surface area contributed by atoms with Crippen LogP contribution < -0.4 is 138 Å². The summed E-state index contributed by atoms with van der Waals surface area (Å²) < 4.78 is 35.1. The van der Waals surface area contributed by atoms with Crippen LogP contribution in [0.25, 0.3) is 0 Å². The molecule has 0 rings (SSSR count). The Morgan fingerprint density at radius 3 is 0.375 bits per heavy atom. The number of phosphoric acid groups is 4. The SMILES string of the molecule is O=P([O-])(O)O.O=P([O-])(O)O.O=P([O-])(O)O.O=P([O-])(O)O.[Na+].[Na+].[Na+].[Na+]. The van der Waals surface area contributed by atoms with Gasteiger partial charge in [-0.2, -0.15) is 0 Å². The summed E-state index contributed by atoms with van der Waals surface area (Å²) in [5, 5.41) is 0. The van der Waals surface area contributed by atoms with Crippen LogP contribution in [0.15, 0.2) is 0 Å². The van der Waals surface area contributed by atoms with Crippen molar-refractivity contribution in [3.05, 3.63) is 0 Å². The molecule has 128 valence electrons. The monoisotopic (exact) mass is 480 g/mol. The number of hydrogen-bond donors (Lipinski definition) is 8. The second-order valence-corrected chi connectivity index (χ2v) is 5.89. The molecule has 0 radical (unpaired) electrons. The Labute approximate surface area is 223 Å². The van der Waals surface area contributed by atoms with Gasteiger partial charge in [-0.3, -0.25) is 18.3 Å². The van der Waals surface area contributed by atoms with Gasteiger partial charge in [-0.05, 0) is 0 Å². The van der Waals surface area contributed by atoms with Crippen molar-refractivity contribution in [1.82, 2.24) is 0 Å². The normalized spacial score (nSPS) is 9.83. The maximum absolute atomic E-state index is 8.77. The average molecular weight is 480 g/mol. The molecule has 0 aromatic carbocycles. The van der Waals surface area contributed by atoms with E-state index >= 15 is 0 Å². The van der Waals surface area contributed by atoms with Crippen LogP contribution in [0, 0.1) is 0 Å². The standard InChI is InChI=1S/4Na.4H3O4P/c;;;;4*1-5(2,3)4/h;;;;4*(H3,1,2,3,4)/q4*+1;;;;/p-4. The summed E-state index contributed by atoms with van der Waals surface area (Å²) in [6.45, 7) is 0. The van der Waals surface area contributed by atoms with E-state index in [1.165, 1.54) is 0 Å². The Bertz CT molecular complexity index is 295. The van der Waals surface area contributed by atoms with Crippen LogP contribution in [0.2, 0.25) is 0 Å². The van der Waals surface area contributed by atoms with Crippen LogP contribution in [-0.4, -0.2) is 39.1 Å². The Morgan fingerprint density at radius 1 is 0.375 bits per heavy atom. The van der Waals surface area contributed by atoms with Gasteiger partial charge in [0.05, 0.1) is 0 Å². The molecule has 0 aliphatic carbocycles. The summed E-state index contributed by atoms with van der Waals surface area (Å²) >= 11 is 0. The fourth-order valence-electron chi connectivity index (χ4n) is 0. The topological polar surface area (TPSA) is 322 Å². The molecule has 24 heteroatoms. The van der Waals surface area contributed by atoms with E-state index in [2.05, 4.69) is 0 Å². The molecule has 0 aliphatic rings. The molecule has 0 aromatic rings. The third kappa shape index (κ3) is 868. The van der Waals surface area contributed by atoms with E-state index in [4.69, 9.17) is 77.0 Å². The van der Waals surface area contributed by atoms with Crippen LogP contribution in [-0.2, 0) is 18.3 Å². The first-order chi connectivity index (χ1) is 8.00. The summed E-state index contributed by atoms with van der Waals surface area (Å²) in [6.07, 6.45) is 0. The largest absolute Gasteiger partial charge is 1.00 e. The third-order valence-electron chi connectivity index (χ3n) is 0. The van der Waals surface area contributed by atoms with Crippen LogP contribution in [0.1, 0.15) is 0 Å². The molecule has 0 saturated carbocycles. The molecule has 0 atom stereocenters. The van der Waals surface area contributed by atoms with Gasteiger partial charge in [0.15, 0.2) is 0 Å². The minimum Gasteiger partial charge on any atom is -0.756 e. The van der Waals surface area contributed by atoms with Gasteiger partial charge in [-0.15, -0.1) is 0 Å². The fourth-order valence-corrected chi connectivity index (χ4v) is 0. The summed E-state index contributed by atoms with van der Waals surface area (Å²) in [7, 11) is -19.6. The molecule has 0 heterocycles. The zero-order valence-electron chi connectivity index (χ0n) is 12.6. The number of rotatable bonds is 0. The summed E-state index contributed by atoms with van der Waals surface area (Å²) in [4.78, 5) is 91.7. The van der Waals surface area contributed by atoms with E-state index < -0.39 is 31.3 Å². The Kier molecular flexibility index (Phi) is 50.6. The molecule has 24 heavy (non-hydrogen) atoms. The molecule has 8 N–H and O–H groups in total. The second kappa shape index (κ2) is 23.7. The van der Waals surface area contributed by atoms with Crippen molar-refractivity contribution >= 4 is 31.3 Å². The Balaban J connectivity index is -0.0000000225.